The van der Waals surface area contributed by atoms with Crippen LogP contribution >= 0.6 is 11.6 Å². The van der Waals surface area contributed by atoms with Crippen LogP contribution < -0.4 is 4.74 Å². The smallest absolute Gasteiger partial charge is 0.436 e. The fourth-order valence-corrected chi connectivity index (χ4v) is 2.46. The molecule has 0 saturated heterocycles. The summed E-state index contributed by atoms with van der Waals surface area (Å²) in [4.78, 5) is 4.19. The number of hydrogen-bond donors (Lipinski definition) is 0. The Morgan fingerprint density at radius 2 is 1.96 bits per heavy atom. The number of aromatic nitrogens is 1. The molecule has 0 bridgehead atoms. The zero-order chi connectivity index (χ0) is 16.6. The number of hydrogen-bond acceptors (Lipinski definition) is 3. The largest absolute Gasteiger partial charge is 0.573 e. The Bertz CT molecular complexity index is 858. The SMILES string of the molecule is CCc1ccc(-c2nc3cc(OC(F)(F)F)ccc3o2)c(Cl)c1. The van der Waals surface area contributed by atoms with Gasteiger partial charge in [-0.2, -0.15) is 0 Å². The highest BCUT2D eigenvalue weighted by Crippen LogP contribution is 2.33. The van der Waals surface area contributed by atoms with E-state index in [0.717, 1.165) is 12.0 Å². The Morgan fingerprint density at radius 1 is 1.17 bits per heavy atom. The maximum absolute atomic E-state index is 12.3. The van der Waals surface area contributed by atoms with Crippen LogP contribution in [0.5, 0.6) is 5.75 Å². The summed E-state index contributed by atoms with van der Waals surface area (Å²) in [6, 6.07) is 9.20. The maximum Gasteiger partial charge on any atom is 0.573 e. The molecule has 3 nitrogen and oxygen atoms in total. The second-order valence-corrected chi connectivity index (χ2v) is 5.27. The Morgan fingerprint density at radius 3 is 2.61 bits per heavy atom. The molecule has 3 aromatic rings. The molecule has 0 aliphatic heterocycles. The van der Waals surface area contributed by atoms with Crippen molar-refractivity contribution in [2.45, 2.75) is 19.7 Å². The highest BCUT2D eigenvalue weighted by Gasteiger charge is 2.31. The fraction of sp³-hybridized carbons (Fsp3) is 0.188. The monoisotopic (exact) mass is 341 g/mol. The van der Waals surface area contributed by atoms with Gasteiger partial charge in [-0.1, -0.05) is 24.6 Å². The van der Waals surface area contributed by atoms with E-state index in [2.05, 4.69) is 9.72 Å². The first-order valence-corrected chi connectivity index (χ1v) is 7.18. The van der Waals surface area contributed by atoms with Crippen LogP contribution in [0, 0.1) is 0 Å². The highest BCUT2D eigenvalue weighted by molar-refractivity contribution is 6.33. The molecule has 0 aliphatic rings. The van der Waals surface area contributed by atoms with Gasteiger partial charge in [0.1, 0.15) is 11.3 Å². The summed E-state index contributed by atoms with van der Waals surface area (Å²) >= 11 is 6.22. The van der Waals surface area contributed by atoms with Crippen LogP contribution in [0.25, 0.3) is 22.6 Å². The van der Waals surface area contributed by atoms with Crippen LogP contribution in [0.4, 0.5) is 13.2 Å². The minimum Gasteiger partial charge on any atom is -0.436 e. The van der Waals surface area contributed by atoms with E-state index in [1.807, 2.05) is 19.1 Å². The molecule has 2 aromatic carbocycles. The third-order valence-electron chi connectivity index (χ3n) is 3.26. The summed E-state index contributed by atoms with van der Waals surface area (Å²) in [5.74, 6) is -0.103. The van der Waals surface area contributed by atoms with E-state index < -0.39 is 6.36 Å². The van der Waals surface area contributed by atoms with Crippen LogP contribution in [0.3, 0.4) is 0 Å². The number of benzene rings is 2. The zero-order valence-corrected chi connectivity index (χ0v) is 12.7. The summed E-state index contributed by atoms with van der Waals surface area (Å²) in [5.41, 5.74) is 2.26. The first-order valence-electron chi connectivity index (χ1n) is 6.81. The Labute approximate surface area is 134 Å². The molecule has 0 fully saturated rings. The van der Waals surface area contributed by atoms with Crippen molar-refractivity contribution in [2.75, 3.05) is 0 Å². The van der Waals surface area contributed by atoms with Gasteiger partial charge in [-0.15, -0.1) is 13.2 Å². The van der Waals surface area contributed by atoms with Crippen molar-refractivity contribution in [3.05, 3.63) is 47.0 Å². The predicted molar refractivity (Wildman–Crippen MR) is 80.5 cm³/mol. The molecule has 23 heavy (non-hydrogen) atoms. The lowest BCUT2D eigenvalue weighted by molar-refractivity contribution is -0.274. The molecule has 120 valence electrons. The van der Waals surface area contributed by atoms with Crippen molar-refractivity contribution >= 4 is 22.7 Å². The summed E-state index contributed by atoms with van der Waals surface area (Å²) < 4.78 is 46.2. The first-order chi connectivity index (χ1) is 10.9. The predicted octanol–water partition coefficient (Wildman–Crippen LogP) is 5.61. The standard InChI is InChI=1S/C16H11ClF3NO2/c1-2-9-3-5-11(12(17)7-9)15-21-13-8-10(23-16(18,19)20)4-6-14(13)22-15/h3-8H,2H2,1H3. The minimum absolute atomic E-state index is 0.247. The zero-order valence-electron chi connectivity index (χ0n) is 11.9. The Hall–Kier alpha value is -2.21. The van der Waals surface area contributed by atoms with Crippen molar-refractivity contribution in [2.24, 2.45) is 0 Å². The molecule has 0 aliphatic carbocycles. The number of ether oxygens (including phenoxy) is 1. The van der Waals surface area contributed by atoms with E-state index in [-0.39, 0.29) is 17.2 Å². The molecule has 7 heteroatoms. The number of nitrogens with zero attached hydrogens (tertiary/aromatic N) is 1. The second kappa shape index (κ2) is 5.77. The van der Waals surface area contributed by atoms with Gasteiger partial charge in [-0.05, 0) is 36.2 Å². The van der Waals surface area contributed by atoms with Gasteiger partial charge in [0.05, 0.1) is 10.6 Å². The van der Waals surface area contributed by atoms with E-state index in [9.17, 15) is 13.2 Å². The molecule has 0 radical (unpaired) electrons. The summed E-state index contributed by atoms with van der Waals surface area (Å²) in [6.45, 7) is 2.01. The summed E-state index contributed by atoms with van der Waals surface area (Å²) in [5, 5.41) is 0.475. The van der Waals surface area contributed by atoms with Gasteiger partial charge in [0.25, 0.3) is 0 Å². The number of alkyl halides is 3. The first kappa shape index (κ1) is 15.7. The molecular formula is C16H11ClF3NO2. The average molecular weight is 342 g/mol. The minimum atomic E-state index is -4.75. The number of aryl methyl sites for hydroxylation is 1. The molecule has 1 aromatic heterocycles. The van der Waals surface area contributed by atoms with Crippen LogP contribution in [-0.4, -0.2) is 11.3 Å². The Kier molecular flexibility index (Phi) is 3.93. The van der Waals surface area contributed by atoms with Crippen molar-refractivity contribution in [3.63, 3.8) is 0 Å². The third-order valence-corrected chi connectivity index (χ3v) is 3.58. The van der Waals surface area contributed by atoms with Crippen LogP contribution in [-0.2, 0) is 6.42 Å². The van der Waals surface area contributed by atoms with Gasteiger partial charge in [-0.3, -0.25) is 0 Å². The van der Waals surface area contributed by atoms with Gasteiger partial charge in [0.15, 0.2) is 5.58 Å². The van der Waals surface area contributed by atoms with Gasteiger partial charge < -0.3 is 9.15 Å². The lowest BCUT2D eigenvalue weighted by atomic mass is 10.1. The summed E-state index contributed by atoms with van der Waals surface area (Å²) in [6.07, 6.45) is -3.91. The van der Waals surface area contributed by atoms with Gasteiger partial charge in [-0.25, -0.2) is 4.98 Å². The maximum atomic E-state index is 12.3. The van der Waals surface area contributed by atoms with Gasteiger partial charge in [0.2, 0.25) is 5.89 Å². The average Bonchev–Trinajstić information content (AvgIpc) is 2.88. The van der Waals surface area contributed by atoms with Crippen molar-refractivity contribution < 1.29 is 22.3 Å². The quantitative estimate of drug-likeness (QED) is 0.621. The molecule has 0 saturated carbocycles. The number of rotatable bonds is 3. The van der Waals surface area contributed by atoms with Gasteiger partial charge >= 0.3 is 6.36 Å². The molecule has 0 atom stereocenters. The van der Waals surface area contributed by atoms with Crippen molar-refractivity contribution in [3.8, 4) is 17.2 Å². The normalized spacial score (nSPS) is 11.9. The topological polar surface area (TPSA) is 35.3 Å². The Balaban J connectivity index is 2.00. The molecule has 0 spiro atoms. The van der Waals surface area contributed by atoms with Gasteiger partial charge in [0, 0.05) is 6.07 Å². The van der Waals surface area contributed by atoms with E-state index in [0.29, 0.717) is 16.2 Å². The lowest BCUT2D eigenvalue weighted by Crippen LogP contribution is -2.16. The van der Waals surface area contributed by atoms with Crippen LogP contribution in [0.15, 0.2) is 40.8 Å². The molecular weight excluding hydrogens is 331 g/mol. The molecule has 3 rings (SSSR count). The molecule has 0 unspecified atom stereocenters. The third kappa shape index (κ3) is 3.42. The number of oxazole rings is 1. The van der Waals surface area contributed by atoms with Crippen molar-refractivity contribution in [1.82, 2.24) is 4.98 Å². The van der Waals surface area contributed by atoms with E-state index in [1.165, 1.54) is 18.2 Å². The second-order valence-electron chi connectivity index (χ2n) is 4.86. The highest BCUT2D eigenvalue weighted by atomic mass is 35.5. The molecule has 1 heterocycles. The van der Waals surface area contributed by atoms with E-state index in [4.69, 9.17) is 16.0 Å². The molecule has 0 N–H and O–H groups in total. The fourth-order valence-electron chi connectivity index (χ4n) is 2.17. The van der Waals surface area contributed by atoms with E-state index >= 15 is 0 Å². The lowest BCUT2D eigenvalue weighted by Gasteiger charge is -2.07. The van der Waals surface area contributed by atoms with Crippen LogP contribution in [0.2, 0.25) is 5.02 Å². The van der Waals surface area contributed by atoms with Crippen LogP contribution in [0.1, 0.15) is 12.5 Å². The molecule has 0 amide bonds. The number of halogens is 4. The van der Waals surface area contributed by atoms with E-state index in [1.54, 1.807) is 6.07 Å². The summed E-state index contributed by atoms with van der Waals surface area (Å²) in [7, 11) is 0. The van der Waals surface area contributed by atoms with Crippen molar-refractivity contribution in [1.29, 1.82) is 0 Å². The number of fused-ring (bicyclic) bond motifs is 1.